The quantitative estimate of drug-likeness (QED) is 0.782. The third kappa shape index (κ3) is 3.07. The first kappa shape index (κ1) is 19.3. The first-order chi connectivity index (χ1) is 11.5. The van der Waals surface area contributed by atoms with E-state index < -0.39 is 21.5 Å². The Kier molecular flexibility index (Phi) is 4.85. The summed E-state index contributed by atoms with van der Waals surface area (Å²) >= 11 is 0. The lowest BCUT2D eigenvalue weighted by molar-refractivity contribution is -0.128. The normalized spacial score (nSPS) is 37.6. The van der Waals surface area contributed by atoms with Gasteiger partial charge in [-0.2, -0.15) is 4.31 Å². The molecule has 144 valence electrons. The number of aliphatic hydroxyl groups is 1. The number of Topliss-reactive ketones (excluding diaryl/α,β-unsaturated/α-hetero) is 1. The summed E-state index contributed by atoms with van der Waals surface area (Å²) in [7, 11) is -3.49. The molecular weight excluding hydrogens is 340 g/mol. The van der Waals surface area contributed by atoms with Gasteiger partial charge in [0.15, 0.2) is 0 Å². The molecule has 3 fully saturated rings. The van der Waals surface area contributed by atoms with E-state index in [4.69, 9.17) is 0 Å². The van der Waals surface area contributed by atoms with Crippen LogP contribution in [0.5, 0.6) is 0 Å². The van der Waals surface area contributed by atoms with Gasteiger partial charge in [-0.25, -0.2) is 8.42 Å². The number of fused-ring (bicyclic) bond motifs is 2. The lowest BCUT2D eigenvalue weighted by Gasteiger charge is -2.42. The first-order valence-corrected chi connectivity index (χ1v) is 11.0. The number of sulfonamides is 1. The standard InChI is InChI=1S/C18H32N2O4S/c1-13-10-19(11-14(2)21)7-8-20(13)25(23,24)12-18-6-5-15(9-16(18)22)17(18,3)4/h13-15,21H,5-12H2,1-4H3/t13-,14-,15+,18+/m1/s1. The average molecular weight is 373 g/mol. The van der Waals surface area contributed by atoms with E-state index in [-0.39, 0.29) is 23.0 Å². The molecule has 0 amide bonds. The van der Waals surface area contributed by atoms with Gasteiger partial charge in [0.25, 0.3) is 0 Å². The minimum atomic E-state index is -3.49. The number of β-amino-alcohol motifs (C(OH)–C–C–N with tert-alkyl or cyclic N) is 1. The SMILES string of the molecule is C[C@@H]1CN(C[C@@H](C)O)CCN1S(=O)(=O)C[C@@]12CC[C@@H](CC1=O)C2(C)C. The average Bonchev–Trinajstić information content (AvgIpc) is 2.80. The molecule has 2 saturated carbocycles. The molecule has 25 heavy (non-hydrogen) atoms. The number of hydrogen-bond donors (Lipinski definition) is 1. The van der Waals surface area contributed by atoms with E-state index in [9.17, 15) is 18.3 Å². The fraction of sp³-hybridized carbons (Fsp3) is 0.944. The molecule has 0 radical (unpaired) electrons. The van der Waals surface area contributed by atoms with Crippen LogP contribution in [0.2, 0.25) is 0 Å². The molecule has 6 nitrogen and oxygen atoms in total. The smallest absolute Gasteiger partial charge is 0.215 e. The van der Waals surface area contributed by atoms with Crippen molar-refractivity contribution in [3.05, 3.63) is 0 Å². The minimum absolute atomic E-state index is 0.0386. The van der Waals surface area contributed by atoms with E-state index in [1.54, 1.807) is 11.2 Å². The summed E-state index contributed by atoms with van der Waals surface area (Å²) in [5.41, 5.74) is -0.929. The topological polar surface area (TPSA) is 77.9 Å². The van der Waals surface area contributed by atoms with Gasteiger partial charge in [0.05, 0.1) is 11.9 Å². The van der Waals surface area contributed by atoms with Gasteiger partial charge in [0.2, 0.25) is 10.0 Å². The first-order valence-electron chi connectivity index (χ1n) is 9.43. The van der Waals surface area contributed by atoms with Crippen molar-refractivity contribution in [1.29, 1.82) is 0 Å². The summed E-state index contributed by atoms with van der Waals surface area (Å²) in [4.78, 5) is 14.8. The summed E-state index contributed by atoms with van der Waals surface area (Å²) in [6.45, 7) is 10.1. The highest BCUT2D eigenvalue weighted by Gasteiger charge is 2.65. The molecule has 0 unspecified atom stereocenters. The monoisotopic (exact) mass is 372 g/mol. The van der Waals surface area contributed by atoms with Crippen LogP contribution in [-0.4, -0.2) is 72.6 Å². The highest BCUT2D eigenvalue weighted by molar-refractivity contribution is 7.89. The Labute approximate surface area is 151 Å². The Hall–Kier alpha value is -0.500. The van der Waals surface area contributed by atoms with Crippen molar-refractivity contribution in [2.24, 2.45) is 16.7 Å². The third-order valence-electron chi connectivity index (χ3n) is 7.10. The van der Waals surface area contributed by atoms with Crippen LogP contribution in [0.15, 0.2) is 0 Å². The molecule has 7 heteroatoms. The Morgan fingerprint density at radius 1 is 1.32 bits per heavy atom. The van der Waals surface area contributed by atoms with Crippen molar-refractivity contribution in [2.75, 3.05) is 31.9 Å². The Balaban J connectivity index is 1.76. The van der Waals surface area contributed by atoms with Crippen LogP contribution in [0.25, 0.3) is 0 Å². The fourth-order valence-electron chi connectivity index (χ4n) is 5.47. The molecule has 2 bridgehead atoms. The second-order valence-corrected chi connectivity index (χ2v) is 10.9. The molecule has 1 heterocycles. The molecule has 1 N–H and O–H groups in total. The molecule has 4 atom stereocenters. The number of hydrogen-bond acceptors (Lipinski definition) is 5. The van der Waals surface area contributed by atoms with Crippen molar-refractivity contribution in [2.45, 2.75) is 59.1 Å². The lowest BCUT2D eigenvalue weighted by Crippen LogP contribution is -2.57. The maximum Gasteiger partial charge on any atom is 0.215 e. The fourth-order valence-corrected chi connectivity index (χ4v) is 7.91. The van der Waals surface area contributed by atoms with Crippen LogP contribution in [0, 0.1) is 16.7 Å². The van der Waals surface area contributed by atoms with E-state index in [1.807, 2.05) is 6.92 Å². The van der Waals surface area contributed by atoms with Gasteiger partial charge in [-0.15, -0.1) is 0 Å². The van der Waals surface area contributed by atoms with E-state index >= 15 is 0 Å². The van der Waals surface area contributed by atoms with Gasteiger partial charge < -0.3 is 5.11 Å². The largest absolute Gasteiger partial charge is 0.392 e. The highest BCUT2D eigenvalue weighted by atomic mass is 32.2. The van der Waals surface area contributed by atoms with Crippen LogP contribution < -0.4 is 0 Å². The summed E-state index contributed by atoms with van der Waals surface area (Å²) in [6.07, 6.45) is 1.80. The maximum absolute atomic E-state index is 13.2. The Morgan fingerprint density at radius 2 is 2.00 bits per heavy atom. The van der Waals surface area contributed by atoms with E-state index in [0.29, 0.717) is 44.9 Å². The van der Waals surface area contributed by atoms with Gasteiger partial charge >= 0.3 is 0 Å². The van der Waals surface area contributed by atoms with Crippen molar-refractivity contribution in [1.82, 2.24) is 9.21 Å². The Morgan fingerprint density at radius 3 is 2.48 bits per heavy atom. The maximum atomic E-state index is 13.2. The van der Waals surface area contributed by atoms with E-state index in [0.717, 1.165) is 6.42 Å². The molecule has 0 aromatic rings. The number of carbonyl (C=O) groups is 1. The summed E-state index contributed by atoms with van der Waals surface area (Å²) in [6, 6.07) is -0.134. The van der Waals surface area contributed by atoms with Gasteiger partial charge in [-0.3, -0.25) is 9.69 Å². The number of aliphatic hydroxyl groups excluding tert-OH is 1. The van der Waals surface area contributed by atoms with Crippen molar-refractivity contribution in [3.63, 3.8) is 0 Å². The zero-order valence-electron chi connectivity index (χ0n) is 15.9. The molecule has 3 rings (SSSR count). The second kappa shape index (κ2) is 6.29. The summed E-state index contributed by atoms with van der Waals surface area (Å²) in [5.74, 6) is 0.441. The van der Waals surface area contributed by atoms with Gasteiger partial charge in [-0.1, -0.05) is 13.8 Å². The van der Waals surface area contributed by atoms with Crippen molar-refractivity contribution < 1.29 is 18.3 Å². The van der Waals surface area contributed by atoms with Crippen LogP contribution in [0.1, 0.15) is 47.0 Å². The van der Waals surface area contributed by atoms with Crippen molar-refractivity contribution in [3.8, 4) is 0 Å². The molecule has 2 aliphatic carbocycles. The van der Waals surface area contributed by atoms with Crippen LogP contribution in [0.4, 0.5) is 0 Å². The number of nitrogens with zero attached hydrogens (tertiary/aromatic N) is 2. The molecule has 0 spiro atoms. The number of piperazine rings is 1. The Bertz CT molecular complexity index is 645. The van der Waals surface area contributed by atoms with Gasteiger partial charge in [0.1, 0.15) is 5.78 Å². The summed E-state index contributed by atoms with van der Waals surface area (Å²) < 4.78 is 28.0. The molecular formula is C18H32N2O4S. The zero-order valence-corrected chi connectivity index (χ0v) is 16.7. The van der Waals surface area contributed by atoms with Crippen molar-refractivity contribution >= 4 is 15.8 Å². The van der Waals surface area contributed by atoms with Crippen LogP contribution >= 0.6 is 0 Å². The van der Waals surface area contributed by atoms with Gasteiger partial charge in [0, 0.05) is 44.1 Å². The number of carbonyl (C=O) groups excluding carboxylic acids is 1. The number of rotatable bonds is 5. The van der Waals surface area contributed by atoms with E-state index in [1.165, 1.54) is 0 Å². The number of ketones is 1. The lowest BCUT2D eigenvalue weighted by atomic mass is 9.70. The van der Waals surface area contributed by atoms with Crippen LogP contribution in [-0.2, 0) is 14.8 Å². The second-order valence-electron chi connectivity index (χ2n) is 8.99. The third-order valence-corrected chi connectivity index (χ3v) is 9.21. The molecule has 1 aliphatic heterocycles. The summed E-state index contributed by atoms with van der Waals surface area (Å²) in [5, 5.41) is 9.55. The minimum Gasteiger partial charge on any atom is -0.392 e. The molecule has 0 aromatic heterocycles. The molecule has 0 aromatic carbocycles. The van der Waals surface area contributed by atoms with Gasteiger partial charge in [-0.05, 0) is 38.0 Å². The highest BCUT2D eigenvalue weighted by Crippen LogP contribution is 2.64. The van der Waals surface area contributed by atoms with Crippen LogP contribution in [0.3, 0.4) is 0 Å². The predicted octanol–water partition coefficient (Wildman–Crippen LogP) is 1.10. The predicted molar refractivity (Wildman–Crippen MR) is 96.6 cm³/mol. The van der Waals surface area contributed by atoms with E-state index in [2.05, 4.69) is 18.7 Å². The zero-order chi connectivity index (χ0) is 18.6. The molecule has 3 aliphatic rings. The molecule has 1 saturated heterocycles.